The molecule has 1 heterocycles. The van der Waals surface area contributed by atoms with Crippen LogP contribution in [0, 0.1) is 17.0 Å². The first kappa shape index (κ1) is 19.0. The third kappa shape index (κ3) is 4.67. The zero-order valence-electron chi connectivity index (χ0n) is 15.2. The summed E-state index contributed by atoms with van der Waals surface area (Å²) in [6, 6.07) is 17.4. The van der Waals surface area contributed by atoms with Gasteiger partial charge in [0.25, 0.3) is 11.6 Å². The molecule has 8 heteroatoms. The van der Waals surface area contributed by atoms with Crippen molar-refractivity contribution < 1.29 is 14.5 Å². The Labute approximate surface area is 161 Å². The van der Waals surface area contributed by atoms with E-state index in [9.17, 15) is 14.9 Å². The van der Waals surface area contributed by atoms with Gasteiger partial charge in [0.15, 0.2) is 0 Å². The smallest absolute Gasteiger partial charge is 0.272 e. The van der Waals surface area contributed by atoms with Crippen LogP contribution >= 0.6 is 0 Å². The molecule has 0 saturated heterocycles. The highest BCUT2D eigenvalue weighted by atomic mass is 16.6. The van der Waals surface area contributed by atoms with E-state index in [0.717, 1.165) is 11.3 Å². The summed E-state index contributed by atoms with van der Waals surface area (Å²) in [7, 11) is 0. The highest BCUT2D eigenvalue weighted by Crippen LogP contribution is 2.19. The van der Waals surface area contributed by atoms with E-state index in [1.165, 1.54) is 18.2 Å². The van der Waals surface area contributed by atoms with E-state index < -0.39 is 4.92 Å². The number of carbonyl (C=O) groups excluding carboxylic acids is 1. The molecule has 3 rings (SSSR count). The average molecular weight is 378 g/mol. The second-order valence-electron chi connectivity index (χ2n) is 5.99. The van der Waals surface area contributed by atoms with Crippen molar-refractivity contribution in [3.63, 3.8) is 0 Å². The van der Waals surface area contributed by atoms with Crippen LogP contribution in [-0.2, 0) is 0 Å². The van der Waals surface area contributed by atoms with Crippen LogP contribution in [0.5, 0.6) is 5.88 Å². The van der Waals surface area contributed by atoms with Crippen LogP contribution in [0.3, 0.4) is 0 Å². The van der Waals surface area contributed by atoms with Gasteiger partial charge in [-0.3, -0.25) is 14.9 Å². The van der Waals surface area contributed by atoms with Crippen molar-refractivity contribution in [1.29, 1.82) is 0 Å². The molecule has 0 spiro atoms. The highest BCUT2D eigenvalue weighted by molar-refractivity contribution is 5.94. The van der Waals surface area contributed by atoms with E-state index in [2.05, 4.69) is 15.5 Å². The Bertz CT molecular complexity index is 975. The lowest BCUT2D eigenvalue weighted by molar-refractivity contribution is -0.385. The molecule has 1 amide bonds. The number of nitro benzene ring substituents is 1. The molecular formula is C20H18N4O4. The Balaban J connectivity index is 1.48. The molecule has 28 heavy (non-hydrogen) atoms. The quantitative estimate of drug-likeness (QED) is 0.384. The Morgan fingerprint density at radius 3 is 2.54 bits per heavy atom. The van der Waals surface area contributed by atoms with Crippen molar-refractivity contribution in [3.05, 3.63) is 81.9 Å². The van der Waals surface area contributed by atoms with Crippen LogP contribution in [-0.4, -0.2) is 34.2 Å². The molecule has 2 aromatic carbocycles. The zero-order valence-corrected chi connectivity index (χ0v) is 15.2. The summed E-state index contributed by atoms with van der Waals surface area (Å²) in [5.41, 5.74) is 2.48. The minimum atomic E-state index is -0.477. The Morgan fingerprint density at radius 1 is 1.11 bits per heavy atom. The van der Waals surface area contributed by atoms with E-state index in [1.807, 2.05) is 36.4 Å². The van der Waals surface area contributed by atoms with E-state index in [4.69, 9.17) is 4.74 Å². The molecule has 0 fully saturated rings. The summed E-state index contributed by atoms with van der Waals surface area (Å²) in [5, 5.41) is 21.7. The SMILES string of the molecule is Cc1cc(C(=O)NCCOc2ccc(-c3ccccc3)nn2)ccc1[N+](=O)[O-]. The maximum absolute atomic E-state index is 12.1. The number of ether oxygens (including phenoxy) is 1. The molecule has 0 unspecified atom stereocenters. The summed E-state index contributed by atoms with van der Waals surface area (Å²) in [4.78, 5) is 22.5. The maximum Gasteiger partial charge on any atom is 0.272 e. The predicted octanol–water partition coefficient (Wildman–Crippen LogP) is 3.17. The second-order valence-corrected chi connectivity index (χ2v) is 5.99. The zero-order chi connectivity index (χ0) is 19.9. The van der Waals surface area contributed by atoms with Crippen LogP contribution < -0.4 is 10.1 Å². The number of amides is 1. The number of nitrogens with zero attached hydrogens (tertiary/aromatic N) is 3. The van der Waals surface area contributed by atoms with Crippen LogP contribution in [0.1, 0.15) is 15.9 Å². The van der Waals surface area contributed by atoms with Crippen LogP contribution in [0.2, 0.25) is 0 Å². The average Bonchev–Trinajstić information content (AvgIpc) is 2.72. The fourth-order valence-electron chi connectivity index (χ4n) is 2.58. The third-order valence-electron chi connectivity index (χ3n) is 4.00. The van der Waals surface area contributed by atoms with Gasteiger partial charge < -0.3 is 10.1 Å². The molecule has 0 aliphatic rings. The standard InChI is InChI=1S/C20H18N4O4/c1-14-13-16(7-9-18(14)24(26)27)20(25)21-11-12-28-19-10-8-17(22-23-19)15-5-3-2-4-6-15/h2-10,13H,11-12H2,1H3,(H,21,25). The summed E-state index contributed by atoms with van der Waals surface area (Å²) in [6.45, 7) is 2.07. The van der Waals surface area contributed by atoms with Gasteiger partial charge >= 0.3 is 0 Å². The number of carbonyl (C=O) groups is 1. The molecule has 142 valence electrons. The molecular weight excluding hydrogens is 360 g/mol. The molecule has 8 nitrogen and oxygen atoms in total. The predicted molar refractivity (Wildman–Crippen MR) is 103 cm³/mol. The van der Waals surface area contributed by atoms with Crippen molar-refractivity contribution in [3.8, 4) is 17.1 Å². The van der Waals surface area contributed by atoms with Crippen LogP contribution in [0.25, 0.3) is 11.3 Å². The number of hydrogen-bond donors (Lipinski definition) is 1. The minimum absolute atomic E-state index is 0.0163. The molecule has 0 aliphatic carbocycles. The highest BCUT2D eigenvalue weighted by Gasteiger charge is 2.13. The number of rotatable bonds is 7. The van der Waals surface area contributed by atoms with Gasteiger partial charge in [-0.15, -0.1) is 10.2 Å². The molecule has 0 atom stereocenters. The van der Waals surface area contributed by atoms with E-state index >= 15 is 0 Å². The fraction of sp³-hybridized carbons (Fsp3) is 0.150. The van der Waals surface area contributed by atoms with Gasteiger partial charge in [0.05, 0.1) is 17.2 Å². The van der Waals surface area contributed by atoms with E-state index in [0.29, 0.717) is 17.0 Å². The Morgan fingerprint density at radius 2 is 1.89 bits per heavy atom. The van der Waals surface area contributed by atoms with E-state index in [1.54, 1.807) is 13.0 Å². The lowest BCUT2D eigenvalue weighted by Gasteiger charge is -2.08. The second kappa shape index (κ2) is 8.72. The van der Waals surface area contributed by atoms with Crippen LogP contribution in [0.4, 0.5) is 5.69 Å². The first-order chi connectivity index (χ1) is 13.5. The normalized spacial score (nSPS) is 10.3. The monoisotopic (exact) mass is 378 g/mol. The summed E-state index contributed by atoms with van der Waals surface area (Å²) < 4.78 is 5.48. The minimum Gasteiger partial charge on any atom is -0.475 e. The van der Waals surface area contributed by atoms with Crippen molar-refractivity contribution in [1.82, 2.24) is 15.5 Å². The van der Waals surface area contributed by atoms with Crippen molar-refractivity contribution in [2.75, 3.05) is 13.2 Å². The molecule has 1 aromatic heterocycles. The molecule has 0 saturated carbocycles. The topological polar surface area (TPSA) is 107 Å². The number of aromatic nitrogens is 2. The summed E-state index contributed by atoms with van der Waals surface area (Å²) in [5.74, 6) is 0.0345. The van der Waals surface area contributed by atoms with Crippen molar-refractivity contribution >= 4 is 11.6 Å². The van der Waals surface area contributed by atoms with Gasteiger partial charge in [-0.1, -0.05) is 30.3 Å². The fourth-order valence-corrected chi connectivity index (χ4v) is 2.58. The number of nitro groups is 1. The molecule has 1 N–H and O–H groups in total. The molecule has 3 aromatic rings. The largest absolute Gasteiger partial charge is 0.475 e. The maximum atomic E-state index is 12.1. The number of nitrogens with one attached hydrogen (secondary N) is 1. The first-order valence-electron chi connectivity index (χ1n) is 8.60. The van der Waals surface area contributed by atoms with Gasteiger partial charge in [0.2, 0.25) is 5.88 Å². The van der Waals surface area contributed by atoms with Gasteiger partial charge in [0.1, 0.15) is 6.61 Å². The lowest BCUT2D eigenvalue weighted by atomic mass is 10.1. The first-order valence-corrected chi connectivity index (χ1v) is 8.60. The number of aryl methyl sites for hydroxylation is 1. The van der Waals surface area contributed by atoms with E-state index in [-0.39, 0.29) is 24.7 Å². The van der Waals surface area contributed by atoms with Gasteiger partial charge in [-0.25, -0.2) is 0 Å². The van der Waals surface area contributed by atoms with Crippen molar-refractivity contribution in [2.45, 2.75) is 6.92 Å². The van der Waals surface area contributed by atoms with Gasteiger partial charge in [-0.2, -0.15) is 0 Å². The van der Waals surface area contributed by atoms with Crippen molar-refractivity contribution in [2.24, 2.45) is 0 Å². The van der Waals surface area contributed by atoms with Gasteiger partial charge in [-0.05, 0) is 25.1 Å². The third-order valence-corrected chi connectivity index (χ3v) is 4.00. The molecule has 0 bridgehead atoms. The number of benzene rings is 2. The molecule has 0 radical (unpaired) electrons. The van der Waals surface area contributed by atoms with Crippen LogP contribution in [0.15, 0.2) is 60.7 Å². The number of hydrogen-bond acceptors (Lipinski definition) is 6. The van der Waals surface area contributed by atoms with Gasteiger partial charge in [0, 0.05) is 28.8 Å². The summed E-state index contributed by atoms with van der Waals surface area (Å²) in [6.07, 6.45) is 0. The Hall–Kier alpha value is -3.81. The Kier molecular flexibility index (Phi) is 5.91. The lowest BCUT2D eigenvalue weighted by Crippen LogP contribution is -2.28. The summed E-state index contributed by atoms with van der Waals surface area (Å²) >= 11 is 0. The molecule has 0 aliphatic heterocycles.